The molecule has 0 radical (unpaired) electrons. The molecule has 0 atom stereocenters. The molecule has 1 saturated heterocycles. The first-order valence-electron chi connectivity index (χ1n) is 9.33. The maximum atomic E-state index is 12.5. The van der Waals surface area contributed by atoms with Crippen LogP contribution in [0.25, 0.3) is 0 Å². The normalized spacial score (nSPS) is 14.9. The second-order valence-electron chi connectivity index (χ2n) is 6.91. The lowest BCUT2D eigenvalue weighted by molar-refractivity contribution is 0.0705. The molecule has 136 valence electrons. The van der Waals surface area contributed by atoms with E-state index >= 15 is 0 Å². The number of hydrogen-bond donors (Lipinski definition) is 0. The molecule has 1 aromatic carbocycles. The number of likely N-dealkylation sites (tertiary alicyclic amines) is 1. The molecular weight excluding hydrogens is 336 g/mol. The van der Waals surface area contributed by atoms with Crippen molar-refractivity contribution in [3.8, 4) is 0 Å². The van der Waals surface area contributed by atoms with Gasteiger partial charge in [0.2, 0.25) is 0 Å². The number of rotatable bonds is 4. The summed E-state index contributed by atoms with van der Waals surface area (Å²) in [6.07, 6.45) is 9.41. The van der Waals surface area contributed by atoms with Crippen molar-refractivity contribution in [2.75, 3.05) is 13.1 Å². The van der Waals surface area contributed by atoms with Crippen LogP contribution in [-0.4, -0.2) is 38.8 Å². The molecule has 27 heavy (non-hydrogen) atoms. The summed E-state index contributed by atoms with van der Waals surface area (Å²) in [5.74, 6) is 0.370. The van der Waals surface area contributed by atoms with Crippen molar-refractivity contribution in [3.63, 3.8) is 0 Å². The summed E-state index contributed by atoms with van der Waals surface area (Å²) in [6, 6.07) is 14.7. The van der Waals surface area contributed by atoms with E-state index in [9.17, 15) is 4.79 Å². The third kappa shape index (κ3) is 4.19. The summed E-state index contributed by atoms with van der Waals surface area (Å²) < 4.78 is 0. The number of piperidine rings is 1. The van der Waals surface area contributed by atoms with Crippen molar-refractivity contribution < 1.29 is 4.79 Å². The predicted molar refractivity (Wildman–Crippen MR) is 103 cm³/mol. The number of nitrogens with zero attached hydrogens (tertiary/aromatic N) is 4. The van der Waals surface area contributed by atoms with E-state index in [0.717, 1.165) is 38.0 Å². The molecule has 0 N–H and O–H groups in total. The van der Waals surface area contributed by atoms with Crippen LogP contribution < -0.4 is 0 Å². The van der Waals surface area contributed by atoms with Gasteiger partial charge in [0.15, 0.2) is 0 Å². The van der Waals surface area contributed by atoms with Crippen LogP contribution in [0.15, 0.2) is 67.3 Å². The molecule has 0 saturated carbocycles. The Morgan fingerprint density at radius 2 is 1.74 bits per heavy atom. The molecule has 1 amide bonds. The fourth-order valence-corrected chi connectivity index (χ4v) is 3.56. The largest absolute Gasteiger partial charge is 0.337 e. The maximum Gasteiger partial charge on any atom is 0.274 e. The van der Waals surface area contributed by atoms with E-state index in [0.29, 0.717) is 11.6 Å². The second kappa shape index (κ2) is 8.08. The molecule has 3 aromatic rings. The zero-order valence-electron chi connectivity index (χ0n) is 15.2. The van der Waals surface area contributed by atoms with Gasteiger partial charge >= 0.3 is 0 Å². The van der Waals surface area contributed by atoms with Gasteiger partial charge in [-0.3, -0.25) is 14.8 Å². The van der Waals surface area contributed by atoms with E-state index in [-0.39, 0.29) is 5.91 Å². The number of amides is 1. The summed E-state index contributed by atoms with van der Waals surface area (Å²) >= 11 is 0. The molecule has 5 nitrogen and oxygen atoms in total. The highest BCUT2D eigenvalue weighted by atomic mass is 16.2. The van der Waals surface area contributed by atoms with Crippen molar-refractivity contribution in [1.29, 1.82) is 0 Å². The van der Waals surface area contributed by atoms with Gasteiger partial charge < -0.3 is 4.90 Å². The van der Waals surface area contributed by atoms with Crippen LogP contribution in [-0.2, 0) is 6.42 Å². The van der Waals surface area contributed by atoms with Crippen LogP contribution in [0.5, 0.6) is 0 Å². The van der Waals surface area contributed by atoms with Gasteiger partial charge in [-0.1, -0.05) is 36.4 Å². The summed E-state index contributed by atoms with van der Waals surface area (Å²) in [5, 5.41) is 0. The van der Waals surface area contributed by atoms with Gasteiger partial charge in [-0.2, -0.15) is 0 Å². The smallest absolute Gasteiger partial charge is 0.274 e. The Kier molecular flexibility index (Phi) is 5.19. The van der Waals surface area contributed by atoms with Crippen molar-refractivity contribution >= 4 is 5.91 Å². The molecule has 0 bridgehead atoms. The van der Waals surface area contributed by atoms with Crippen LogP contribution in [0.4, 0.5) is 0 Å². The zero-order chi connectivity index (χ0) is 18.5. The van der Waals surface area contributed by atoms with E-state index in [1.807, 2.05) is 17.2 Å². The van der Waals surface area contributed by atoms with E-state index in [4.69, 9.17) is 4.98 Å². The van der Waals surface area contributed by atoms with E-state index < -0.39 is 0 Å². The zero-order valence-corrected chi connectivity index (χ0v) is 15.2. The van der Waals surface area contributed by atoms with Crippen molar-refractivity contribution in [1.82, 2.24) is 19.9 Å². The lowest BCUT2D eigenvalue weighted by Gasteiger charge is -2.31. The number of pyridine rings is 1. The summed E-state index contributed by atoms with van der Waals surface area (Å²) in [7, 11) is 0. The molecule has 0 spiro atoms. The number of benzene rings is 1. The lowest BCUT2D eigenvalue weighted by Crippen LogP contribution is -2.38. The van der Waals surface area contributed by atoms with Gasteiger partial charge in [0.1, 0.15) is 5.69 Å². The Bertz CT molecular complexity index is 873. The van der Waals surface area contributed by atoms with Gasteiger partial charge in [-0.25, -0.2) is 4.98 Å². The topological polar surface area (TPSA) is 59.0 Å². The van der Waals surface area contributed by atoms with Crippen LogP contribution in [0.3, 0.4) is 0 Å². The van der Waals surface area contributed by atoms with E-state index in [2.05, 4.69) is 46.4 Å². The van der Waals surface area contributed by atoms with Crippen LogP contribution in [0, 0.1) is 0 Å². The SMILES string of the molecule is O=C(c1cnccn1)N1CCC(c2ccc(Cc3ccccc3)cn2)CC1. The number of hydrogen-bond acceptors (Lipinski definition) is 4. The highest BCUT2D eigenvalue weighted by Gasteiger charge is 2.25. The number of carbonyl (C=O) groups excluding carboxylic acids is 1. The molecule has 1 aliphatic rings. The second-order valence-corrected chi connectivity index (χ2v) is 6.91. The fourth-order valence-electron chi connectivity index (χ4n) is 3.56. The third-order valence-electron chi connectivity index (χ3n) is 5.08. The summed E-state index contributed by atoms with van der Waals surface area (Å²) in [6.45, 7) is 1.46. The molecule has 2 aromatic heterocycles. The van der Waals surface area contributed by atoms with Crippen molar-refractivity contribution in [2.45, 2.75) is 25.2 Å². The third-order valence-corrected chi connectivity index (χ3v) is 5.08. The minimum atomic E-state index is -0.0345. The lowest BCUT2D eigenvalue weighted by atomic mass is 9.92. The molecule has 0 aliphatic carbocycles. The van der Waals surface area contributed by atoms with Crippen molar-refractivity contribution in [2.24, 2.45) is 0 Å². The Morgan fingerprint density at radius 3 is 2.41 bits per heavy atom. The monoisotopic (exact) mass is 358 g/mol. The first kappa shape index (κ1) is 17.3. The van der Waals surface area contributed by atoms with Crippen LogP contribution in [0.2, 0.25) is 0 Å². The highest BCUT2D eigenvalue weighted by Crippen LogP contribution is 2.27. The predicted octanol–water partition coefficient (Wildman–Crippen LogP) is 3.48. The van der Waals surface area contributed by atoms with E-state index in [1.54, 1.807) is 12.4 Å². The Hall–Kier alpha value is -3.08. The molecule has 1 fully saturated rings. The Morgan fingerprint density at radius 1 is 0.926 bits per heavy atom. The Balaban J connectivity index is 1.35. The Labute approximate surface area is 159 Å². The van der Waals surface area contributed by atoms with Gasteiger partial charge in [0, 0.05) is 43.3 Å². The fraction of sp³-hybridized carbons (Fsp3) is 0.273. The van der Waals surface area contributed by atoms with E-state index in [1.165, 1.54) is 17.3 Å². The minimum Gasteiger partial charge on any atom is -0.337 e. The van der Waals surface area contributed by atoms with Gasteiger partial charge in [0.05, 0.1) is 6.20 Å². The molecular formula is C22H22N4O. The van der Waals surface area contributed by atoms with Crippen molar-refractivity contribution in [3.05, 3.63) is 89.8 Å². The van der Waals surface area contributed by atoms with Gasteiger partial charge in [-0.15, -0.1) is 0 Å². The quantitative estimate of drug-likeness (QED) is 0.716. The average molecular weight is 358 g/mol. The number of carbonyl (C=O) groups is 1. The first-order chi connectivity index (χ1) is 13.3. The standard InChI is InChI=1S/C22H22N4O/c27-22(21-16-23-10-11-24-21)26-12-8-19(9-13-26)20-7-6-18(15-25-20)14-17-4-2-1-3-5-17/h1-7,10-11,15-16,19H,8-9,12-14H2. The highest BCUT2D eigenvalue weighted by molar-refractivity contribution is 5.92. The first-order valence-corrected chi connectivity index (χ1v) is 9.33. The van der Waals surface area contributed by atoms with Crippen LogP contribution in [0.1, 0.15) is 46.1 Å². The molecule has 3 heterocycles. The average Bonchev–Trinajstić information content (AvgIpc) is 2.75. The van der Waals surface area contributed by atoms with Gasteiger partial charge in [-0.05, 0) is 36.5 Å². The molecule has 1 aliphatic heterocycles. The summed E-state index contributed by atoms with van der Waals surface area (Å²) in [4.78, 5) is 27.1. The van der Waals surface area contributed by atoms with Crippen LogP contribution >= 0.6 is 0 Å². The number of aromatic nitrogens is 3. The van der Waals surface area contributed by atoms with Gasteiger partial charge in [0.25, 0.3) is 5.91 Å². The summed E-state index contributed by atoms with van der Waals surface area (Å²) in [5.41, 5.74) is 4.06. The minimum absolute atomic E-state index is 0.0345. The molecule has 5 heteroatoms. The molecule has 4 rings (SSSR count). The molecule has 0 unspecified atom stereocenters. The maximum absolute atomic E-state index is 12.5.